The van der Waals surface area contributed by atoms with E-state index in [1.54, 1.807) is 55.9 Å². The Hall–Kier alpha value is -4.18. The van der Waals surface area contributed by atoms with Crippen molar-refractivity contribution in [1.82, 2.24) is 29.5 Å². The SMILES string of the molecule is Cc1nc2scc(CC(=O)NCc3ccncc3)n2c(=O)c1-c1cc(C)n(-c2ccccc2F)n1. The maximum absolute atomic E-state index is 14.4. The smallest absolute Gasteiger partial charge is 0.268 e. The zero-order valence-corrected chi connectivity index (χ0v) is 19.8. The summed E-state index contributed by atoms with van der Waals surface area (Å²) in [6, 6.07) is 11.7. The fraction of sp³-hybridized carbons (Fsp3) is 0.160. The van der Waals surface area contributed by atoms with Gasteiger partial charge >= 0.3 is 0 Å². The molecule has 176 valence electrons. The first-order valence-corrected chi connectivity index (χ1v) is 11.8. The van der Waals surface area contributed by atoms with Crippen molar-refractivity contribution in [2.75, 3.05) is 0 Å². The van der Waals surface area contributed by atoms with Gasteiger partial charge in [-0.05, 0) is 49.7 Å². The molecule has 0 saturated heterocycles. The van der Waals surface area contributed by atoms with Gasteiger partial charge in [-0.3, -0.25) is 19.0 Å². The van der Waals surface area contributed by atoms with E-state index in [-0.39, 0.29) is 17.9 Å². The molecule has 1 amide bonds. The van der Waals surface area contributed by atoms with Crippen molar-refractivity contribution in [1.29, 1.82) is 0 Å². The van der Waals surface area contributed by atoms with Crippen molar-refractivity contribution < 1.29 is 9.18 Å². The molecule has 5 aromatic rings. The Balaban J connectivity index is 1.49. The number of thiazole rings is 1. The molecule has 0 aliphatic heterocycles. The van der Waals surface area contributed by atoms with Crippen LogP contribution in [0.2, 0.25) is 0 Å². The fourth-order valence-corrected chi connectivity index (χ4v) is 4.84. The van der Waals surface area contributed by atoms with Gasteiger partial charge in [0.2, 0.25) is 5.91 Å². The lowest BCUT2D eigenvalue weighted by atomic mass is 10.1. The van der Waals surface area contributed by atoms with E-state index in [2.05, 4.69) is 20.4 Å². The molecule has 0 saturated carbocycles. The zero-order chi connectivity index (χ0) is 24.5. The van der Waals surface area contributed by atoms with Gasteiger partial charge in [0.05, 0.1) is 17.7 Å². The average molecular weight is 489 g/mol. The number of hydrogen-bond donors (Lipinski definition) is 1. The van der Waals surface area contributed by atoms with Crippen LogP contribution in [-0.4, -0.2) is 30.1 Å². The fourth-order valence-electron chi connectivity index (χ4n) is 3.92. The van der Waals surface area contributed by atoms with Crippen molar-refractivity contribution >= 4 is 22.2 Å². The number of amides is 1. The Kier molecular flexibility index (Phi) is 5.96. The molecule has 0 fully saturated rings. The van der Waals surface area contributed by atoms with Gasteiger partial charge in [-0.15, -0.1) is 11.3 Å². The number of pyridine rings is 1. The first-order valence-electron chi connectivity index (χ1n) is 10.9. The van der Waals surface area contributed by atoms with Gasteiger partial charge in [-0.2, -0.15) is 5.10 Å². The number of rotatable bonds is 6. The maximum Gasteiger partial charge on any atom is 0.268 e. The lowest BCUT2D eigenvalue weighted by Gasteiger charge is -2.07. The normalized spacial score (nSPS) is 11.2. The average Bonchev–Trinajstić information content (AvgIpc) is 3.42. The van der Waals surface area contributed by atoms with Crippen LogP contribution in [0.4, 0.5) is 4.39 Å². The van der Waals surface area contributed by atoms with Gasteiger partial charge < -0.3 is 5.32 Å². The first-order chi connectivity index (χ1) is 16.9. The van der Waals surface area contributed by atoms with E-state index in [9.17, 15) is 14.0 Å². The monoisotopic (exact) mass is 488 g/mol. The van der Waals surface area contributed by atoms with Crippen molar-refractivity contribution in [3.05, 3.63) is 99.1 Å². The number of benzene rings is 1. The Labute approximate surface area is 203 Å². The third kappa shape index (κ3) is 4.35. The number of aryl methyl sites for hydroxylation is 2. The van der Waals surface area contributed by atoms with Gasteiger partial charge in [-0.1, -0.05) is 12.1 Å². The molecule has 0 aliphatic carbocycles. The quantitative estimate of drug-likeness (QED) is 0.394. The van der Waals surface area contributed by atoms with Crippen molar-refractivity contribution in [3.8, 4) is 16.9 Å². The Bertz CT molecular complexity index is 1610. The van der Waals surface area contributed by atoms with E-state index in [1.807, 2.05) is 12.1 Å². The summed E-state index contributed by atoms with van der Waals surface area (Å²) >= 11 is 1.30. The molecule has 1 aromatic carbocycles. The Morgan fingerprint density at radius 2 is 1.91 bits per heavy atom. The number of nitrogens with zero attached hydrogens (tertiary/aromatic N) is 5. The van der Waals surface area contributed by atoms with Crippen LogP contribution in [0, 0.1) is 19.7 Å². The van der Waals surface area contributed by atoms with Crippen molar-refractivity contribution in [2.24, 2.45) is 0 Å². The lowest BCUT2D eigenvalue weighted by Crippen LogP contribution is -2.27. The third-order valence-electron chi connectivity index (χ3n) is 5.63. The van der Waals surface area contributed by atoms with Crippen molar-refractivity contribution in [3.63, 3.8) is 0 Å². The van der Waals surface area contributed by atoms with E-state index >= 15 is 0 Å². The van der Waals surface area contributed by atoms with Crippen molar-refractivity contribution in [2.45, 2.75) is 26.8 Å². The van der Waals surface area contributed by atoms with Gasteiger partial charge in [0.25, 0.3) is 5.56 Å². The number of halogens is 1. The minimum absolute atomic E-state index is 0.0257. The van der Waals surface area contributed by atoms with E-state index in [0.717, 1.165) is 5.56 Å². The highest BCUT2D eigenvalue weighted by Gasteiger charge is 2.20. The second-order valence-electron chi connectivity index (χ2n) is 8.07. The predicted octanol–water partition coefficient (Wildman–Crippen LogP) is 3.62. The highest BCUT2D eigenvalue weighted by atomic mass is 32.1. The van der Waals surface area contributed by atoms with E-state index in [1.165, 1.54) is 26.5 Å². The predicted molar refractivity (Wildman–Crippen MR) is 131 cm³/mol. The number of aromatic nitrogens is 5. The van der Waals surface area contributed by atoms with Crippen LogP contribution in [-0.2, 0) is 17.8 Å². The first kappa shape index (κ1) is 22.6. The van der Waals surface area contributed by atoms with Crippen LogP contribution in [0.3, 0.4) is 0 Å². The molecular weight excluding hydrogens is 467 g/mol. The molecule has 8 nitrogen and oxygen atoms in total. The summed E-state index contributed by atoms with van der Waals surface area (Å²) in [5.41, 5.74) is 3.36. The number of nitrogens with one attached hydrogen (secondary N) is 1. The van der Waals surface area contributed by atoms with E-state index < -0.39 is 5.82 Å². The van der Waals surface area contributed by atoms with Crippen LogP contribution < -0.4 is 10.9 Å². The molecule has 0 unspecified atom stereocenters. The highest BCUT2D eigenvalue weighted by molar-refractivity contribution is 7.15. The Morgan fingerprint density at radius 1 is 1.14 bits per heavy atom. The summed E-state index contributed by atoms with van der Waals surface area (Å²) in [4.78, 5) is 35.2. The number of fused-ring (bicyclic) bond motifs is 1. The number of carbonyl (C=O) groups is 1. The van der Waals surface area contributed by atoms with E-state index in [0.29, 0.717) is 45.5 Å². The number of para-hydroxylation sites is 1. The summed E-state index contributed by atoms with van der Waals surface area (Å²) in [5.74, 6) is -0.625. The lowest BCUT2D eigenvalue weighted by molar-refractivity contribution is -0.120. The molecule has 10 heteroatoms. The molecule has 0 radical (unpaired) electrons. The van der Waals surface area contributed by atoms with Gasteiger partial charge in [0, 0.05) is 35.7 Å². The molecule has 0 bridgehead atoms. The minimum atomic E-state index is -0.412. The second kappa shape index (κ2) is 9.22. The topological polar surface area (TPSA) is 94.2 Å². The van der Waals surface area contributed by atoms with Crippen LogP contribution in [0.25, 0.3) is 21.9 Å². The largest absolute Gasteiger partial charge is 0.352 e. The van der Waals surface area contributed by atoms with Crippen LogP contribution >= 0.6 is 11.3 Å². The summed E-state index contributed by atoms with van der Waals surface area (Å²) in [7, 11) is 0. The van der Waals surface area contributed by atoms with Crippen LogP contribution in [0.5, 0.6) is 0 Å². The molecule has 35 heavy (non-hydrogen) atoms. The second-order valence-corrected chi connectivity index (χ2v) is 8.90. The van der Waals surface area contributed by atoms with Crippen LogP contribution in [0.1, 0.15) is 22.6 Å². The van der Waals surface area contributed by atoms with E-state index in [4.69, 9.17) is 0 Å². The standard InChI is InChI=1S/C25H21FN6O2S/c1-15-11-20(30-32(15)21-6-4-3-5-19(21)26)23-16(2)29-25-31(24(23)34)18(14-35-25)12-22(33)28-13-17-7-9-27-10-8-17/h3-11,14H,12-13H2,1-2H3,(H,28,33). The van der Waals surface area contributed by atoms with Gasteiger partial charge in [0.1, 0.15) is 17.2 Å². The maximum atomic E-state index is 14.4. The van der Waals surface area contributed by atoms with Gasteiger partial charge in [-0.25, -0.2) is 14.1 Å². The molecule has 1 N–H and O–H groups in total. The molecule has 0 spiro atoms. The number of carbonyl (C=O) groups excluding carboxylic acids is 1. The van der Waals surface area contributed by atoms with Gasteiger partial charge in [0.15, 0.2) is 4.96 Å². The molecule has 4 heterocycles. The van der Waals surface area contributed by atoms with Crippen LogP contribution in [0.15, 0.2) is 65.0 Å². The summed E-state index contributed by atoms with van der Waals surface area (Å²) in [5, 5.41) is 9.15. The molecule has 0 atom stereocenters. The molecule has 0 aliphatic rings. The zero-order valence-electron chi connectivity index (χ0n) is 19.0. The third-order valence-corrected chi connectivity index (χ3v) is 6.50. The molecule has 4 aromatic heterocycles. The minimum Gasteiger partial charge on any atom is -0.352 e. The summed E-state index contributed by atoms with van der Waals surface area (Å²) < 4.78 is 17.3. The highest BCUT2D eigenvalue weighted by Crippen LogP contribution is 2.24. The molecule has 5 rings (SSSR count). The molecular formula is C25H21FN6O2S. The summed E-state index contributed by atoms with van der Waals surface area (Å²) in [6.45, 7) is 3.91. The summed E-state index contributed by atoms with van der Waals surface area (Å²) in [6.07, 6.45) is 3.36. The number of hydrogen-bond acceptors (Lipinski definition) is 6. The Morgan fingerprint density at radius 3 is 2.69 bits per heavy atom.